The van der Waals surface area contributed by atoms with Gasteiger partial charge in [0.2, 0.25) is 0 Å². The Hall–Kier alpha value is -8.19. The van der Waals surface area contributed by atoms with Crippen LogP contribution in [-0.4, -0.2) is 24.1 Å². The van der Waals surface area contributed by atoms with Crippen molar-refractivity contribution >= 4 is 75.1 Å². The van der Waals surface area contributed by atoms with Crippen LogP contribution in [0.15, 0.2) is 212 Å². The molecule has 0 fully saturated rings. The lowest BCUT2D eigenvalue weighted by molar-refractivity contribution is 1.06. The van der Waals surface area contributed by atoms with Crippen molar-refractivity contribution in [2.24, 2.45) is 0 Å². The lowest BCUT2D eigenvalue weighted by Gasteiger charge is -2.17. The van der Waals surface area contributed by atoms with Crippen molar-refractivity contribution < 1.29 is 9.60 Å². The highest BCUT2D eigenvalue weighted by molar-refractivity contribution is 7.26. The van der Waals surface area contributed by atoms with Gasteiger partial charge in [-0.25, -0.2) is 15.0 Å². The maximum Gasteiger partial charge on any atom is 0.166 e. The van der Waals surface area contributed by atoms with E-state index in [1.54, 1.807) is 23.5 Å². The Kier molecular flexibility index (Phi) is 6.57. The standard InChI is InChI=1S/C57H35N5S/c1-4-17-36(18-5-1)55-58-56(37-19-6-2-7-20-37)60-57(59-55)47-35-38(40-26-16-27-46-43-25-12-15-30-51(43)63-54(40)46)31-34-50(47)62-49-29-14-11-24-42(49)45-33-32-44-41-23-10-13-28-48(41)61(52(44)53(45)62)39-21-8-3-9-22-39/h1-35H/i10D,11D,23D,24D,29D,32D,33D. The number of aromatic nitrogens is 5. The third-order valence-corrected chi connectivity index (χ3v) is 13.0. The van der Waals surface area contributed by atoms with Crippen molar-refractivity contribution in [2.75, 3.05) is 0 Å². The summed E-state index contributed by atoms with van der Waals surface area (Å²) < 4.78 is 72.0. The van der Waals surface area contributed by atoms with Gasteiger partial charge in [0.05, 0.1) is 37.3 Å². The minimum atomic E-state index is -0.223. The first-order valence-electron chi connectivity index (χ1n) is 24.1. The molecule has 0 radical (unpaired) electrons. The second kappa shape index (κ2) is 14.2. The van der Waals surface area contributed by atoms with E-state index in [0.717, 1.165) is 37.7 Å². The zero-order valence-corrected chi connectivity index (χ0v) is 34.1. The lowest BCUT2D eigenvalue weighted by atomic mass is 9.99. The fraction of sp³-hybridized carbons (Fsp3) is 0. The number of benzene rings is 9. The van der Waals surface area contributed by atoms with E-state index >= 15 is 0 Å². The number of fused-ring (bicyclic) bond motifs is 10. The highest BCUT2D eigenvalue weighted by atomic mass is 32.1. The zero-order valence-electron chi connectivity index (χ0n) is 40.3. The predicted molar refractivity (Wildman–Crippen MR) is 263 cm³/mol. The van der Waals surface area contributed by atoms with E-state index in [1.807, 2.05) is 112 Å². The molecule has 0 amide bonds. The molecule has 5 nitrogen and oxygen atoms in total. The molecule has 0 aliphatic heterocycles. The predicted octanol–water partition coefficient (Wildman–Crippen LogP) is 15.1. The summed E-state index contributed by atoms with van der Waals surface area (Å²) >= 11 is 1.72. The van der Waals surface area contributed by atoms with Crippen LogP contribution in [0.5, 0.6) is 0 Å². The number of rotatable bonds is 6. The van der Waals surface area contributed by atoms with Crippen molar-refractivity contribution in [1.82, 2.24) is 24.1 Å². The molecule has 4 aromatic heterocycles. The van der Waals surface area contributed by atoms with Gasteiger partial charge in [0.1, 0.15) is 0 Å². The maximum atomic E-state index is 9.86. The lowest BCUT2D eigenvalue weighted by Crippen LogP contribution is -2.04. The van der Waals surface area contributed by atoms with Gasteiger partial charge in [0, 0.05) is 64.1 Å². The molecular weight excluding hydrogens is 787 g/mol. The fourth-order valence-electron chi connectivity index (χ4n) is 9.04. The number of hydrogen-bond donors (Lipinski definition) is 0. The topological polar surface area (TPSA) is 48.5 Å². The van der Waals surface area contributed by atoms with E-state index in [9.17, 15) is 6.85 Å². The second-order valence-electron chi connectivity index (χ2n) is 15.4. The van der Waals surface area contributed by atoms with Crippen LogP contribution in [0.1, 0.15) is 9.60 Å². The summed E-state index contributed by atoms with van der Waals surface area (Å²) in [5.74, 6) is 1.21. The Labute approximate surface area is 376 Å². The summed E-state index contributed by atoms with van der Waals surface area (Å²) in [6.07, 6.45) is 0. The molecule has 0 aliphatic carbocycles. The Morgan fingerprint density at radius 1 is 0.397 bits per heavy atom. The highest BCUT2D eigenvalue weighted by Gasteiger charge is 2.25. The molecule has 0 aliphatic rings. The SMILES string of the molecule is [2H]c1ccc2c(c1[2H])c1c([2H])c([2H])c3c4c([2H])c([2H])cc([2H])c4n(-c4ccc(-c5cccc6c5sc5ccccc56)cc4-c4nc(-c5ccccc5)nc(-c5ccccc5)n4)c3c1n2-c1ccccc1. The second-order valence-corrected chi connectivity index (χ2v) is 16.5. The minimum Gasteiger partial charge on any atom is -0.307 e. The summed E-state index contributed by atoms with van der Waals surface area (Å²) in [7, 11) is 0. The van der Waals surface area contributed by atoms with E-state index in [2.05, 4.69) is 48.5 Å². The molecule has 0 spiro atoms. The van der Waals surface area contributed by atoms with Crippen molar-refractivity contribution in [2.45, 2.75) is 0 Å². The van der Waals surface area contributed by atoms with Crippen LogP contribution >= 0.6 is 11.3 Å². The van der Waals surface area contributed by atoms with Crippen molar-refractivity contribution in [3.63, 3.8) is 0 Å². The Bertz CT molecular complexity index is 4270. The average molecular weight is 829 g/mol. The summed E-state index contributed by atoms with van der Waals surface area (Å²) in [5, 5.41) is 3.32. The molecule has 6 heteroatoms. The first kappa shape index (κ1) is 29.1. The van der Waals surface area contributed by atoms with Gasteiger partial charge in [-0.05, 0) is 53.6 Å². The van der Waals surface area contributed by atoms with Crippen LogP contribution in [0.4, 0.5) is 0 Å². The van der Waals surface area contributed by atoms with Gasteiger partial charge in [0.25, 0.3) is 0 Å². The fourth-order valence-corrected chi connectivity index (χ4v) is 10.3. The highest BCUT2D eigenvalue weighted by Crippen LogP contribution is 2.45. The van der Waals surface area contributed by atoms with Gasteiger partial charge in [-0.2, -0.15) is 0 Å². The van der Waals surface area contributed by atoms with Crippen LogP contribution < -0.4 is 0 Å². The molecule has 0 unspecified atom stereocenters. The third kappa shape index (κ3) is 5.59. The Balaban J connectivity index is 1.25. The molecule has 4 heterocycles. The van der Waals surface area contributed by atoms with Crippen LogP contribution in [0.25, 0.3) is 120 Å². The maximum absolute atomic E-state index is 9.86. The molecule has 294 valence electrons. The molecule has 0 saturated carbocycles. The van der Waals surface area contributed by atoms with Crippen LogP contribution in [0.3, 0.4) is 0 Å². The summed E-state index contributed by atoms with van der Waals surface area (Å²) in [6, 6.07) is 53.5. The minimum absolute atomic E-state index is 0.0308. The molecule has 0 saturated heterocycles. The number of hydrogen-bond acceptors (Lipinski definition) is 4. The smallest absolute Gasteiger partial charge is 0.166 e. The zero-order chi connectivity index (χ0) is 47.5. The van der Waals surface area contributed by atoms with Crippen LogP contribution in [0, 0.1) is 0 Å². The monoisotopic (exact) mass is 828 g/mol. The molecule has 0 N–H and O–H groups in total. The molecule has 13 rings (SSSR count). The van der Waals surface area contributed by atoms with Gasteiger partial charge < -0.3 is 9.13 Å². The van der Waals surface area contributed by atoms with Gasteiger partial charge >= 0.3 is 0 Å². The number of nitrogens with zero attached hydrogens (tertiary/aromatic N) is 5. The molecular formula is C57H35N5S. The van der Waals surface area contributed by atoms with Gasteiger partial charge in [0.15, 0.2) is 17.5 Å². The van der Waals surface area contributed by atoms with E-state index in [1.165, 1.54) is 10.8 Å². The summed E-state index contributed by atoms with van der Waals surface area (Å²) in [5.41, 5.74) is 6.86. The summed E-state index contributed by atoms with van der Waals surface area (Å²) in [4.78, 5) is 15.6. The van der Waals surface area contributed by atoms with Crippen molar-refractivity contribution in [3.8, 4) is 56.7 Å². The van der Waals surface area contributed by atoms with Gasteiger partial charge in [-0.15, -0.1) is 11.3 Å². The molecule has 13 aromatic rings. The first-order chi connectivity index (χ1) is 34.2. The Morgan fingerprint density at radius 2 is 1.02 bits per heavy atom. The van der Waals surface area contributed by atoms with E-state index in [4.69, 9.17) is 17.7 Å². The summed E-state index contributed by atoms with van der Waals surface area (Å²) in [6.45, 7) is 0. The third-order valence-electron chi connectivity index (χ3n) is 11.8. The van der Waals surface area contributed by atoms with E-state index in [0.29, 0.717) is 56.3 Å². The average Bonchev–Trinajstić information content (AvgIpc) is 4.08. The molecule has 63 heavy (non-hydrogen) atoms. The Morgan fingerprint density at radius 3 is 1.76 bits per heavy atom. The number of thiophene rings is 1. The van der Waals surface area contributed by atoms with Gasteiger partial charge in [-0.3, -0.25) is 0 Å². The van der Waals surface area contributed by atoms with Crippen LogP contribution in [0.2, 0.25) is 0 Å². The van der Waals surface area contributed by atoms with E-state index < -0.39 is 0 Å². The van der Waals surface area contributed by atoms with Crippen molar-refractivity contribution in [3.05, 3.63) is 212 Å². The molecule has 9 aromatic carbocycles. The normalized spacial score (nSPS) is 13.4. The first-order valence-corrected chi connectivity index (χ1v) is 21.4. The number of para-hydroxylation sites is 3. The van der Waals surface area contributed by atoms with Crippen molar-refractivity contribution in [1.29, 1.82) is 0 Å². The largest absolute Gasteiger partial charge is 0.307 e. The van der Waals surface area contributed by atoms with Gasteiger partial charge in [-0.1, -0.05) is 170 Å². The molecule has 0 atom stereocenters. The van der Waals surface area contributed by atoms with E-state index in [-0.39, 0.29) is 64.0 Å². The quantitative estimate of drug-likeness (QED) is 0.168. The van der Waals surface area contributed by atoms with Crippen LogP contribution in [-0.2, 0) is 0 Å². The molecule has 0 bridgehead atoms.